The number of hydrogen-bond acceptors (Lipinski definition) is 6. The van der Waals surface area contributed by atoms with Gasteiger partial charge in [-0.1, -0.05) is 41.7 Å². The topological polar surface area (TPSA) is 85.7 Å². The van der Waals surface area contributed by atoms with E-state index in [4.69, 9.17) is 0 Å². The monoisotopic (exact) mass is 419 g/mol. The maximum absolute atomic E-state index is 13.3. The molecular formula is C21H14FN5O2S. The van der Waals surface area contributed by atoms with E-state index >= 15 is 0 Å². The van der Waals surface area contributed by atoms with Crippen molar-refractivity contribution in [1.29, 1.82) is 0 Å². The molecule has 0 amide bonds. The summed E-state index contributed by atoms with van der Waals surface area (Å²) in [6.45, 7) is 0. The molecular weight excluding hydrogens is 405 g/mol. The molecule has 1 aromatic heterocycles. The summed E-state index contributed by atoms with van der Waals surface area (Å²) < 4.78 is 14.8. The number of rotatable bonds is 5. The zero-order valence-electron chi connectivity index (χ0n) is 15.4. The Morgan fingerprint density at radius 3 is 2.37 bits per heavy atom. The van der Waals surface area contributed by atoms with Gasteiger partial charge in [0, 0.05) is 17.7 Å². The van der Waals surface area contributed by atoms with Crippen molar-refractivity contribution in [2.75, 3.05) is 0 Å². The highest BCUT2D eigenvalue weighted by atomic mass is 32.1. The molecule has 0 saturated heterocycles. The van der Waals surface area contributed by atoms with Gasteiger partial charge in [-0.3, -0.25) is 10.1 Å². The maximum Gasteiger partial charge on any atom is 0.269 e. The van der Waals surface area contributed by atoms with E-state index in [9.17, 15) is 14.5 Å². The Morgan fingerprint density at radius 1 is 1.00 bits per heavy atom. The fourth-order valence-corrected chi connectivity index (χ4v) is 3.49. The Kier molecular flexibility index (Phi) is 5.53. The predicted octanol–water partition coefficient (Wildman–Crippen LogP) is 4.58. The van der Waals surface area contributed by atoms with Crippen molar-refractivity contribution in [2.24, 2.45) is 10.2 Å². The van der Waals surface area contributed by atoms with Gasteiger partial charge in [0.2, 0.25) is 4.80 Å². The summed E-state index contributed by atoms with van der Waals surface area (Å²) in [6.07, 6.45) is 1.62. The van der Waals surface area contributed by atoms with Crippen LogP contribution in [0.5, 0.6) is 0 Å². The predicted molar refractivity (Wildman–Crippen MR) is 113 cm³/mol. The fourth-order valence-electron chi connectivity index (χ4n) is 2.62. The molecule has 0 aliphatic carbocycles. The van der Waals surface area contributed by atoms with Gasteiger partial charge < -0.3 is 0 Å². The summed E-state index contributed by atoms with van der Waals surface area (Å²) in [4.78, 5) is 10.9. The number of benzene rings is 3. The first-order valence-corrected chi connectivity index (χ1v) is 9.65. The second kappa shape index (κ2) is 8.58. The molecule has 0 radical (unpaired) electrons. The van der Waals surface area contributed by atoms with Gasteiger partial charge in [-0.2, -0.15) is 10.2 Å². The number of non-ortho nitro benzene ring substituents is 1. The fraction of sp³-hybridized carbons (Fsp3) is 0. The molecule has 0 aliphatic rings. The molecule has 0 aliphatic heterocycles. The van der Waals surface area contributed by atoms with Crippen LogP contribution in [0.15, 0.2) is 89.1 Å². The number of halogens is 1. The summed E-state index contributed by atoms with van der Waals surface area (Å²) in [6, 6.07) is 21.5. The van der Waals surface area contributed by atoms with Crippen LogP contribution in [0.25, 0.3) is 16.3 Å². The van der Waals surface area contributed by atoms with Crippen LogP contribution in [0.1, 0.15) is 5.56 Å². The van der Waals surface area contributed by atoms with Gasteiger partial charge in [-0.05, 0) is 42.0 Å². The van der Waals surface area contributed by atoms with Crippen LogP contribution in [0.2, 0.25) is 0 Å². The molecule has 0 spiro atoms. The third-order valence-corrected chi connectivity index (χ3v) is 5.05. The van der Waals surface area contributed by atoms with E-state index in [1.807, 2.05) is 30.3 Å². The Morgan fingerprint density at radius 2 is 1.70 bits per heavy atom. The molecule has 0 fully saturated rings. The lowest BCUT2D eigenvalue weighted by atomic mass is 10.2. The Balaban J connectivity index is 1.78. The minimum atomic E-state index is -0.463. The lowest BCUT2D eigenvalue weighted by Crippen LogP contribution is -2.13. The normalized spacial score (nSPS) is 11.8. The highest BCUT2D eigenvalue weighted by Crippen LogP contribution is 2.21. The highest BCUT2D eigenvalue weighted by molar-refractivity contribution is 7.12. The number of nitro benzene ring substituents is 1. The van der Waals surface area contributed by atoms with Crippen molar-refractivity contribution in [3.63, 3.8) is 0 Å². The second-order valence-corrected chi connectivity index (χ2v) is 7.09. The molecule has 3 aromatic carbocycles. The van der Waals surface area contributed by atoms with Gasteiger partial charge in [0.05, 0.1) is 16.8 Å². The van der Waals surface area contributed by atoms with Crippen LogP contribution in [0, 0.1) is 15.9 Å². The van der Waals surface area contributed by atoms with Crippen molar-refractivity contribution >= 4 is 23.2 Å². The summed E-state index contributed by atoms with van der Waals surface area (Å²) in [5.41, 5.74) is 2.20. The molecule has 4 rings (SSSR count). The third-order valence-electron chi connectivity index (χ3n) is 4.11. The molecule has 30 heavy (non-hydrogen) atoms. The summed E-state index contributed by atoms with van der Waals surface area (Å²) in [7, 11) is 0. The zero-order chi connectivity index (χ0) is 20.9. The molecule has 7 nitrogen and oxygen atoms in total. The molecule has 0 N–H and O–H groups in total. The smallest absolute Gasteiger partial charge is 0.258 e. The summed E-state index contributed by atoms with van der Waals surface area (Å²) >= 11 is 1.27. The van der Waals surface area contributed by atoms with Crippen molar-refractivity contribution < 1.29 is 9.31 Å². The van der Waals surface area contributed by atoms with E-state index in [0.717, 1.165) is 11.1 Å². The first-order valence-electron chi connectivity index (χ1n) is 8.83. The van der Waals surface area contributed by atoms with Gasteiger partial charge in [-0.25, -0.2) is 9.07 Å². The highest BCUT2D eigenvalue weighted by Gasteiger charge is 2.11. The van der Waals surface area contributed by atoms with E-state index in [1.54, 1.807) is 35.2 Å². The van der Waals surface area contributed by atoms with Crippen molar-refractivity contribution in [3.8, 4) is 16.3 Å². The minimum absolute atomic E-state index is 0.0195. The number of aromatic nitrogens is 2. The maximum atomic E-state index is 13.3. The number of nitro groups is 1. The van der Waals surface area contributed by atoms with Crippen LogP contribution >= 0.6 is 11.3 Å². The van der Waals surface area contributed by atoms with E-state index in [2.05, 4.69) is 15.3 Å². The largest absolute Gasteiger partial charge is 0.269 e. The standard InChI is InChI=1S/C21H14FN5O2S/c22-17-8-6-16(7-9-17)20-25-26(18-10-12-19(13-11-18)27(28)29)21(30-20)24-23-14-15-4-2-1-3-5-15/h1-14H/b23-14+,24-21+. The van der Waals surface area contributed by atoms with Crippen molar-refractivity contribution in [2.45, 2.75) is 0 Å². The molecule has 0 unspecified atom stereocenters. The van der Waals surface area contributed by atoms with E-state index < -0.39 is 4.92 Å². The van der Waals surface area contributed by atoms with E-state index in [0.29, 0.717) is 15.5 Å². The van der Waals surface area contributed by atoms with Gasteiger partial charge in [-0.15, -0.1) is 5.10 Å². The quantitative estimate of drug-likeness (QED) is 0.269. The van der Waals surface area contributed by atoms with Crippen molar-refractivity contribution in [3.05, 3.63) is 105 Å². The van der Waals surface area contributed by atoms with E-state index in [1.165, 1.54) is 35.6 Å². The molecule has 0 atom stereocenters. The minimum Gasteiger partial charge on any atom is -0.258 e. The third kappa shape index (κ3) is 4.36. The molecule has 9 heteroatoms. The van der Waals surface area contributed by atoms with Gasteiger partial charge >= 0.3 is 0 Å². The van der Waals surface area contributed by atoms with Gasteiger partial charge in [0.25, 0.3) is 5.69 Å². The van der Waals surface area contributed by atoms with Gasteiger partial charge in [0.1, 0.15) is 10.8 Å². The zero-order valence-corrected chi connectivity index (χ0v) is 16.2. The van der Waals surface area contributed by atoms with E-state index in [-0.39, 0.29) is 11.5 Å². The van der Waals surface area contributed by atoms with Crippen LogP contribution in [0.4, 0.5) is 10.1 Å². The number of hydrogen-bond donors (Lipinski definition) is 0. The summed E-state index contributed by atoms with van der Waals surface area (Å²) in [5.74, 6) is -0.337. The van der Waals surface area contributed by atoms with Crippen LogP contribution in [-0.4, -0.2) is 20.9 Å². The molecule has 0 bridgehead atoms. The molecule has 0 saturated carbocycles. The molecule has 4 aromatic rings. The first kappa shape index (κ1) is 19.3. The Hall–Kier alpha value is -3.98. The van der Waals surface area contributed by atoms with Crippen molar-refractivity contribution in [1.82, 2.24) is 9.78 Å². The lowest BCUT2D eigenvalue weighted by Gasteiger charge is -2.00. The number of nitrogens with zero attached hydrogens (tertiary/aromatic N) is 5. The summed E-state index contributed by atoms with van der Waals surface area (Å²) in [5, 5.41) is 24.5. The van der Waals surface area contributed by atoms with Crippen LogP contribution < -0.4 is 4.80 Å². The molecule has 148 valence electrons. The Bertz CT molecular complexity index is 1260. The van der Waals surface area contributed by atoms with Crippen LogP contribution in [0.3, 0.4) is 0 Å². The van der Waals surface area contributed by atoms with Gasteiger partial charge in [0.15, 0.2) is 0 Å². The first-order chi connectivity index (χ1) is 14.6. The average Bonchev–Trinajstić information content (AvgIpc) is 3.19. The molecule has 1 heterocycles. The average molecular weight is 419 g/mol. The second-order valence-electron chi connectivity index (χ2n) is 6.14. The van der Waals surface area contributed by atoms with Crippen LogP contribution in [-0.2, 0) is 0 Å². The Labute approximate surface area is 174 Å². The lowest BCUT2D eigenvalue weighted by molar-refractivity contribution is -0.384. The SMILES string of the molecule is O=[N+]([O-])c1ccc(-n2nc(-c3ccc(F)cc3)s/c2=N/N=C/c2ccccc2)cc1.